The first kappa shape index (κ1) is 8.75. The van der Waals surface area contributed by atoms with Crippen molar-refractivity contribution < 1.29 is 5.11 Å². The standard InChI is InChI=1S/C9H11BrO/c1-7-2-4-8(5-3-7)9(10)6-11/h2-5,9,11H,6H2,1H3. The SMILES string of the molecule is Cc1ccc(C(Br)CO)cc1. The van der Waals surface area contributed by atoms with E-state index in [-0.39, 0.29) is 11.4 Å². The predicted molar refractivity (Wildman–Crippen MR) is 49.9 cm³/mol. The molecule has 11 heavy (non-hydrogen) atoms. The van der Waals surface area contributed by atoms with Gasteiger partial charge in [0.2, 0.25) is 0 Å². The van der Waals surface area contributed by atoms with Gasteiger partial charge in [0.25, 0.3) is 0 Å². The van der Waals surface area contributed by atoms with Gasteiger partial charge < -0.3 is 5.11 Å². The summed E-state index contributed by atoms with van der Waals surface area (Å²) < 4.78 is 0. The molecule has 2 heteroatoms. The summed E-state index contributed by atoms with van der Waals surface area (Å²) in [5, 5.41) is 8.81. The molecule has 0 bridgehead atoms. The van der Waals surface area contributed by atoms with Gasteiger partial charge in [-0.3, -0.25) is 0 Å². The lowest BCUT2D eigenvalue weighted by molar-refractivity contribution is 0.298. The van der Waals surface area contributed by atoms with E-state index >= 15 is 0 Å². The minimum atomic E-state index is 0.0723. The molecule has 1 aromatic rings. The molecule has 0 heterocycles. The maximum Gasteiger partial charge on any atom is 0.0626 e. The third kappa shape index (κ3) is 2.31. The van der Waals surface area contributed by atoms with E-state index in [9.17, 15) is 0 Å². The van der Waals surface area contributed by atoms with Crippen LogP contribution in [0.25, 0.3) is 0 Å². The Kier molecular flexibility index (Phi) is 3.09. The van der Waals surface area contributed by atoms with Gasteiger partial charge in [0, 0.05) is 0 Å². The number of benzene rings is 1. The monoisotopic (exact) mass is 214 g/mol. The minimum absolute atomic E-state index is 0.0723. The third-order valence-electron chi connectivity index (χ3n) is 1.60. The van der Waals surface area contributed by atoms with E-state index in [0.29, 0.717) is 0 Å². The van der Waals surface area contributed by atoms with Crippen LogP contribution in [0.5, 0.6) is 0 Å². The fraction of sp³-hybridized carbons (Fsp3) is 0.333. The van der Waals surface area contributed by atoms with Crippen LogP contribution in [0.15, 0.2) is 24.3 Å². The number of hydrogen-bond donors (Lipinski definition) is 1. The normalized spacial score (nSPS) is 13.0. The smallest absolute Gasteiger partial charge is 0.0626 e. The highest BCUT2D eigenvalue weighted by atomic mass is 79.9. The third-order valence-corrected chi connectivity index (χ3v) is 2.42. The van der Waals surface area contributed by atoms with Gasteiger partial charge in [0.1, 0.15) is 0 Å². The second-order valence-corrected chi connectivity index (χ2v) is 3.67. The molecule has 0 aliphatic carbocycles. The number of aliphatic hydroxyl groups excluding tert-OH is 1. The summed E-state index contributed by atoms with van der Waals surface area (Å²) in [5.41, 5.74) is 2.37. The average Bonchev–Trinajstić information content (AvgIpc) is 2.05. The largest absolute Gasteiger partial charge is 0.395 e. The molecule has 1 nitrogen and oxygen atoms in total. The Morgan fingerprint density at radius 1 is 1.36 bits per heavy atom. The summed E-state index contributed by atoms with van der Waals surface area (Å²) in [5.74, 6) is 0. The Morgan fingerprint density at radius 2 is 1.91 bits per heavy atom. The lowest BCUT2D eigenvalue weighted by atomic mass is 10.1. The highest BCUT2D eigenvalue weighted by Crippen LogP contribution is 2.21. The van der Waals surface area contributed by atoms with Crippen LogP contribution in [0.3, 0.4) is 0 Å². The summed E-state index contributed by atoms with van der Waals surface area (Å²) in [6.07, 6.45) is 0. The van der Waals surface area contributed by atoms with Crippen LogP contribution in [0.1, 0.15) is 16.0 Å². The van der Waals surface area contributed by atoms with E-state index in [1.165, 1.54) is 5.56 Å². The molecule has 1 aromatic carbocycles. The van der Waals surface area contributed by atoms with E-state index in [2.05, 4.69) is 15.9 Å². The Bertz CT molecular complexity index is 218. The van der Waals surface area contributed by atoms with Crippen LogP contribution in [0, 0.1) is 6.92 Å². The van der Waals surface area contributed by atoms with Crippen molar-refractivity contribution in [3.8, 4) is 0 Å². The van der Waals surface area contributed by atoms with Gasteiger partial charge in [-0.2, -0.15) is 0 Å². The van der Waals surface area contributed by atoms with E-state index in [4.69, 9.17) is 5.11 Å². The summed E-state index contributed by atoms with van der Waals surface area (Å²) in [6, 6.07) is 8.12. The van der Waals surface area contributed by atoms with Crippen LogP contribution in [-0.4, -0.2) is 11.7 Å². The first-order chi connectivity index (χ1) is 5.24. The second kappa shape index (κ2) is 3.88. The second-order valence-electron chi connectivity index (χ2n) is 2.56. The summed E-state index contributed by atoms with van der Waals surface area (Å²) in [4.78, 5) is 0.0723. The molecule has 0 aliphatic heterocycles. The van der Waals surface area contributed by atoms with Gasteiger partial charge in [-0.05, 0) is 12.5 Å². The Morgan fingerprint density at radius 3 is 2.36 bits per heavy atom. The molecular weight excluding hydrogens is 204 g/mol. The van der Waals surface area contributed by atoms with Gasteiger partial charge in [-0.25, -0.2) is 0 Å². The van der Waals surface area contributed by atoms with Crippen LogP contribution in [0.2, 0.25) is 0 Å². The molecule has 0 amide bonds. The number of aryl methyl sites for hydroxylation is 1. The molecular formula is C9H11BrO. The molecule has 0 aromatic heterocycles. The zero-order valence-electron chi connectivity index (χ0n) is 6.42. The molecule has 1 unspecified atom stereocenters. The number of hydrogen-bond acceptors (Lipinski definition) is 1. The molecule has 0 saturated carbocycles. The van der Waals surface area contributed by atoms with Crippen molar-refractivity contribution in [2.45, 2.75) is 11.8 Å². The fourth-order valence-corrected chi connectivity index (χ4v) is 1.19. The average molecular weight is 215 g/mol. The molecule has 0 radical (unpaired) electrons. The molecule has 1 atom stereocenters. The van der Waals surface area contributed by atoms with Crippen molar-refractivity contribution in [3.05, 3.63) is 35.4 Å². The Hall–Kier alpha value is -0.340. The van der Waals surface area contributed by atoms with Gasteiger partial charge in [0.05, 0.1) is 11.4 Å². The van der Waals surface area contributed by atoms with Crippen molar-refractivity contribution in [2.24, 2.45) is 0 Å². The Balaban J connectivity index is 2.81. The van der Waals surface area contributed by atoms with Crippen LogP contribution >= 0.6 is 15.9 Å². The number of halogens is 1. The zero-order chi connectivity index (χ0) is 8.27. The fourth-order valence-electron chi connectivity index (χ4n) is 0.881. The quantitative estimate of drug-likeness (QED) is 0.751. The molecule has 1 N–H and O–H groups in total. The van der Waals surface area contributed by atoms with E-state index in [1.54, 1.807) is 0 Å². The lowest BCUT2D eigenvalue weighted by Gasteiger charge is -2.05. The summed E-state index contributed by atoms with van der Waals surface area (Å²) in [7, 11) is 0. The van der Waals surface area contributed by atoms with Gasteiger partial charge in [-0.15, -0.1) is 0 Å². The van der Waals surface area contributed by atoms with E-state index in [0.717, 1.165) is 5.56 Å². The summed E-state index contributed by atoms with van der Waals surface area (Å²) in [6.45, 7) is 2.19. The topological polar surface area (TPSA) is 20.2 Å². The first-order valence-electron chi connectivity index (χ1n) is 3.55. The van der Waals surface area contributed by atoms with Crippen molar-refractivity contribution in [2.75, 3.05) is 6.61 Å². The van der Waals surface area contributed by atoms with Gasteiger partial charge >= 0.3 is 0 Å². The molecule has 0 aliphatic rings. The van der Waals surface area contributed by atoms with Gasteiger partial charge in [0.15, 0.2) is 0 Å². The predicted octanol–water partition coefficient (Wildman–Crippen LogP) is 2.42. The van der Waals surface area contributed by atoms with Crippen LogP contribution < -0.4 is 0 Å². The highest BCUT2D eigenvalue weighted by molar-refractivity contribution is 9.09. The van der Waals surface area contributed by atoms with Crippen molar-refractivity contribution in [1.29, 1.82) is 0 Å². The molecule has 0 saturated heterocycles. The molecule has 0 fully saturated rings. The molecule has 0 spiro atoms. The first-order valence-corrected chi connectivity index (χ1v) is 4.47. The van der Waals surface area contributed by atoms with Gasteiger partial charge in [-0.1, -0.05) is 45.8 Å². The number of rotatable bonds is 2. The van der Waals surface area contributed by atoms with E-state index < -0.39 is 0 Å². The van der Waals surface area contributed by atoms with Crippen molar-refractivity contribution >= 4 is 15.9 Å². The maximum absolute atomic E-state index is 8.81. The van der Waals surface area contributed by atoms with Crippen LogP contribution in [-0.2, 0) is 0 Å². The van der Waals surface area contributed by atoms with E-state index in [1.807, 2.05) is 31.2 Å². The van der Waals surface area contributed by atoms with Crippen LogP contribution in [0.4, 0.5) is 0 Å². The maximum atomic E-state index is 8.81. The Labute approximate surface area is 75.2 Å². The number of aliphatic hydroxyl groups is 1. The van der Waals surface area contributed by atoms with Crippen molar-refractivity contribution in [3.63, 3.8) is 0 Å². The summed E-state index contributed by atoms with van der Waals surface area (Å²) >= 11 is 3.36. The molecule has 1 rings (SSSR count). The number of alkyl halides is 1. The zero-order valence-corrected chi connectivity index (χ0v) is 8.01. The molecule has 60 valence electrons. The van der Waals surface area contributed by atoms with Crippen molar-refractivity contribution in [1.82, 2.24) is 0 Å². The highest BCUT2D eigenvalue weighted by Gasteiger charge is 2.03. The lowest BCUT2D eigenvalue weighted by Crippen LogP contribution is -1.94. The minimum Gasteiger partial charge on any atom is -0.395 e.